The van der Waals surface area contributed by atoms with Gasteiger partial charge in [-0.3, -0.25) is 4.98 Å². The quantitative estimate of drug-likeness (QED) is 0.711. The molecule has 4 nitrogen and oxygen atoms in total. The second kappa shape index (κ2) is 4.89. The van der Waals surface area contributed by atoms with E-state index in [1.165, 1.54) is 0 Å². The Bertz CT molecular complexity index is 762. The Balaban J connectivity index is 1.95. The van der Waals surface area contributed by atoms with Gasteiger partial charge in [0.1, 0.15) is 11.5 Å². The molecule has 3 rings (SSSR count). The molecule has 0 saturated carbocycles. The molecule has 0 saturated heterocycles. The topological polar surface area (TPSA) is 64.1 Å². The van der Waals surface area contributed by atoms with Crippen molar-refractivity contribution in [2.45, 2.75) is 20.4 Å². The first-order valence-electron chi connectivity index (χ1n) is 6.58. The number of rotatable bonds is 3. The van der Waals surface area contributed by atoms with Crippen LogP contribution in [0.15, 0.2) is 40.8 Å². The lowest BCUT2D eigenvalue weighted by atomic mass is 10.1. The van der Waals surface area contributed by atoms with Crippen molar-refractivity contribution in [2.24, 2.45) is 0 Å². The third-order valence-corrected chi connectivity index (χ3v) is 3.21. The van der Waals surface area contributed by atoms with E-state index >= 15 is 0 Å². The summed E-state index contributed by atoms with van der Waals surface area (Å²) in [7, 11) is 0. The molecule has 0 aliphatic rings. The molecule has 0 unspecified atom stereocenters. The Kier molecular flexibility index (Phi) is 3.06. The van der Waals surface area contributed by atoms with Crippen LogP contribution >= 0.6 is 0 Å². The number of hydrogen-bond acceptors (Lipinski definition) is 4. The maximum absolute atomic E-state index is 5.87. The van der Waals surface area contributed by atoms with Crippen LogP contribution in [-0.2, 0) is 6.54 Å². The first-order chi connectivity index (χ1) is 9.61. The fraction of sp³-hybridized carbons (Fsp3) is 0.188. The molecule has 4 heteroatoms. The number of nitrogen functional groups attached to an aromatic ring is 1. The van der Waals surface area contributed by atoms with Gasteiger partial charge in [0.2, 0.25) is 0 Å². The molecule has 3 N–H and O–H groups in total. The highest BCUT2D eigenvalue weighted by Gasteiger charge is 2.06. The molecular formula is C16H17N3O. The fourth-order valence-corrected chi connectivity index (χ4v) is 2.28. The number of anilines is 2. The molecule has 0 aliphatic heterocycles. The number of nitrogens with one attached hydrogen (secondary N) is 1. The third-order valence-electron chi connectivity index (χ3n) is 3.21. The minimum atomic E-state index is 0.640. The predicted molar refractivity (Wildman–Crippen MR) is 81.7 cm³/mol. The molecule has 2 aromatic heterocycles. The zero-order chi connectivity index (χ0) is 14.1. The summed E-state index contributed by atoms with van der Waals surface area (Å²) < 4.78 is 5.57. The summed E-state index contributed by atoms with van der Waals surface area (Å²) in [6.07, 6.45) is 0. The van der Waals surface area contributed by atoms with Crippen LogP contribution in [0.5, 0.6) is 0 Å². The van der Waals surface area contributed by atoms with Gasteiger partial charge in [-0.05, 0) is 50.2 Å². The summed E-state index contributed by atoms with van der Waals surface area (Å²) in [6.45, 7) is 4.56. The summed E-state index contributed by atoms with van der Waals surface area (Å²) in [5.41, 5.74) is 9.54. The smallest absolute Gasteiger partial charge is 0.123 e. The van der Waals surface area contributed by atoms with Gasteiger partial charge in [0.25, 0.3) is 0 Å². The predicted octanol–water partition coefficient (Wildman–Crippen LogP) is 3.64. The Morgan fingerprint density at radius 1 is 1.15 bits per heavy atom. The number of nitrogens with zero attached hydrogens (tertiary/aromatic N) is 1. The van der Waals surface area contributed by atoms with Gasteiger partial charge in [-0.1, -0.05) is 0 Å². The van der Waals surface area contributed by atoms with E-state index in [0.717, 1.165) is 39.5 Å². The highest BCUT2D eigenvalue weighted by Crippen LogP contribution is 2.25. The number of aryl methyl sites for hydroxylation is 2. The second-order valence-electron chi connectivity index (χ2n) is 4.95. The maximum atomic E-state index is 5.87. The number of pyridine rings is 1. The summed E-state index contributed by atoms with van der Waals surface area (Å²) in [5, 5.41) is 4.42. The van der Waals surface area contributed by atoms with Gasteiger partial charge in [-0.15, -0.1) is 0 Å². The van der Waals surface area contributed by atoms with Crippen molar-refractivity contribution in [3.05, 3.63) is 53.6 Å². The number of nitrogens with two attached hydrogens (primary N) is 1. The highest BCUT2D eigenvalue weighted by molar-refractivity contribution is 5.93. The van der Waals surface area contributed by atoms with Crippen LogP contribution in [0.3, 0.4) is 0 Å². The Hall–Kier alpha value is -2.49. The largest absolute Gasteiger partial charge is 0.465 e. The van der Waals surface area contributed by atoms with Crippen molar-refractivity contribution in [3.8, 4) is 0 Å². The normalized spacial score (nSPS) is 10.9. The Morgan fingerprint density at radius 2 is 2.00 bits per heavy atom. The SMILES string of the molecule is Cc1cc(NCc2ccc(C)o2)c2cc(N)ccc2n1. The van der Waals surface area contributed by atoms with Gasteiger partial charge in [-0.25, -0.2) is 0 Å². The van der Waals surface area contributed by atoms with Gasteiger partial charge < -0.3 is 15.5 Å². The number of benzene rings is 1. The van der Waals surface area contributed by atoms with Crippen LogP contribution in [0, 0.1) is 13.8 Å². The van der Waals surface area contributed by atoms with Crippen molar-refractivity contribution in [2.75, 3.05) is 11.1 Å². The molecule has 0 spiro atoms. The summed E-state index contributed by atoms with van der Waals surface area (Å²) in [5.74, 6) is 1.83. The van der Waals surface area contributed by atoms with Crippen molar-refractivity contribution >= 4 is 22.3 Å². The maximum Gasteiger partial charge on any atom is 0.123 e. The first kappa shape index (κ1) is 12.5. The van der Waals surface area contributed by atoms with Crippen LogP contribution in [0.25, 0.3) is 10.9 Å². The van der Waals surface area contributed by atoms with Crippen molar-refractivity contribution < 1.29 is 4.42 Å². The number of aromatic nitrogens is 1. The molecule has 3 aromatic rings. The molecule has 0 bridgehead atoms. The van der Waals surface area contributed by atoms with Gasteiger partial charge in [0.15, 0.2) is 0 Å². The lowest BCUT2D eigenvalue weighted by Gasteiger charge is -2.10. The second-order valence-corrected chi connectivity index (χ2v) is 4.95. The minimum absolute atomic E-state index is 0.640. The van der Waals surface area contributed by atoms with Crippen molar-refractivity contribution in [1.82, 2.24) is 4.98 Å². The summed E-state index contributed by atoms with van der Waals surface area (Å²) in [4.78, 5) is 4.52. The minimum Gasteiger partial charge on any atom is -0.465 e. The standard InChI is InChI=1S/C16H17N3O/c1-10-7-16(18-9-13-5-3-11(2)20-13)14-8-12(17)4-6-15(14)19-10/h3-8H,9,17H2,1-2H3,(H,18,19). The van der Waals surface area contributed by atoms with E-state index in [-0.39, 0.29) is 0 Å². The van der Waals surface area contributed by atoms with Gasteiger partial charge in [0, 0.05) is 22.5 Å². The molecule has 102 valence electrons. The zero-order valence-corrected chi connectivity index (χ0v) is 11.6. The van der Waals surface area contributed by atoms with E-state index in [1.807, 2.05) is 50.2 Å². The van der Waals surface area contributed by atoms with Crippen LogP contribution < -0.4 is 11.1 Å². The van der Waals surface area contributed by atoms with E-state index in [1.54, 1.807) is 0 Å². The van der Waals surface area contributed by atoms with Crippen molar-refractivity contribution in [3.63, 3.8) is 0 Å². The van der Waals surface area contributed by atoms with Crippen LogP contribution in [0.2, 0.25) is 0 Å². The van der Waals surface area contributed by atoms with E-state index in [4.69, 9.17) is 10.2 Å². The zero-order valence-electron chi connectivity index (χ0n) is 11.6. The molecule has 0 aliphatic carbocycles. The number of hydrogen-bond donors (Lipinski definition) is 2. The fourth-order valence-electron chi connectivity index (χ4n) is 2.28. The molecule has 1 aromatic carbocycles. The average Bonchev–Trinajstić information content (AvgIpc) is 2.82. The average molecular weight is 267 g/mol. The third kappa shape index (κ3) is 2.45. The van der Waals surface area contributed by atoms with E-state index in [0.29, 0.717) is 6.54 Å². The van der Waals surface area contributed by atoms with E-state index in [9.17, 15) is 0 Å². The molecule has 2 heterocycles. The monoisotopic (exact) mass is 267 g/mol. The van der Waals surface area contributed by atoms with E-state index < -0.39 is 0 Å². The number of furan rings is 1. The molecule has 0 atom stereocenters. The summed E-state index contributed by atoms with van der Waals surface area (Å²) in [6, 6.07) is 11.7. The van der Waals surface area contributed by atoms with Gasteiger partial charge in [0.05, 0.1) is 12.1 Å². The van der Waals surface area contributed by atoms with E-state index in [2.05, 4.69) is 10.3 Å². The Morgan fingerprint density at radius 3 is 2.75 bits per heavy atom. The van der Waals surface area contributed by atoms with Gasteiger partial charge in [-0.2, -0.15) is 0 Å². The van der Waals surface area contributed by atoms with Crippen molar-refractivity contribution in [1.29, 1.82) is 0 Å². The molecule has 0 fully saturated rings. The van der Waals surface area contributed by atoms with Crippen LogP contribution in [0.4, 0.5) is 11.4 Å². The highest BCUT2D eigenvalue weighted by atomic mass is 16.3. The van der Waals surface area contributed by atoms with Gasteiger partial charge >= 0.3 is 0 Å². The van der Waals surface area contributed by atoms with Crippen LogP contribution in [0.1, 0.15) is 17.2 Å². The molecule has 20 heavy (non-hydrogen) atoms. The number of fused-ring (bicyclic) bond motifs is 1. The van der Waals surface area contributed by atoms with Crippen LogP contribution in [-0.4, -0.2) is 4.98 Å². The molecule has 0 amide bonds. The Labute approximate surface area is 117 Å². The molecule has 0 radical (unpaired) electrons. The summed E-state index contributed by atoms with van der Waals surface area (Å²) >= 11 is 0. The molecular weight excluding hydrogens is 250 g/mol. The lowest BCUT2D eigenvalue weighted by molar-refractivity contribution is 0.490. The lowest BCUT2D eigenvalue weighted by Crippen LogP contribution is -2.01. The first-order valence-corrected chi connectivity index (χ1v) is 6.58.